The molecular formula is C27H40O5. The Morgan fingerprint density at radius 1 is 0.938 bits per heavy atom. The molecule has 2 heterocycles. The van der Waals surface area contributed by atoms with Crippen molar-refractivity contribution in [1.29, 1.82) is 0 Å². The first kappa shape index (κ1) is 22.8. The van der Waals surface area contributed by atoms with E-state index in [9.17, 15) is 4.79 Å². The minimum atomic E-state index is -0.0736. The van der Waals surface area contributed by atoms with E-state index >= 15 is 0 Å². The molecule has 7 atom stereocenters. The van der Waals surface area contributed by atoms with Gasteiger partial charge in [-0.1, -0.05) is 31.1 Å². The summed E-state index contributed by atoms with van der Waals surface area (Å²) in [6.45, 7) is 1.62. The van der Waals surface area contributed by atoms with Crippen LogP contribution in [0.1, 0.15) is 77.0 Å². The fraction of sp³-hybridized carbons (Fsp3) is 0.815. The maximum Gasteiger partial charge on any atom is 0.158 e. The molecule has 5 nitrogen and oxygen atoms in total. The number of rotatable bonds is 8. The molecule has 5 heteroatoms. The average Bonchev–Trinajstić information content (AvgIpc) is 3.55. The Kier molecular flexibility index (Phi) is 7.79. The van der Waals surface area contributed by atoms with Crippen LogP contribution < -0.4 is 0 Å². The van der Waals surface area contributed by atoms with Gasteiger partial charge in [-0.3, -0.25) is 4.79 Å². The van der Waals surface area contributed by atoms with Crippen molar-refractivity contribution in [3.63, 3.8) is 0 Å². The molecule has 178 valence electrons. The molecule has 0 radical (unpaired) electrons. The van der Waals surface area contributed by atoms with Gasteiger partial charge < -0.3 is 18.9 Å². The molecule has 0 aromatic carbocycles. The minimum absolute atomic E-state index is 0.0622. The Morgan fingerprint density at radius 3 is 2.34 bits per heavy atom. The van der Waals surface area contributed by atoms with Crippen molar-refractivity contribution in [2.75, 3.05) is 13.2 Å². The van der Waals surface area contributed by atoms with Gasteiger partial charge >= 0.3 is 0 Å². The van der Waals surface area contributed by atoms with Crippen LogP contribution in [0.2, 0.25) is 0 Å². The molecule has 2 aliphatic heterocycles. The van der Waals surface area contributed by atoms with Crippen molar-refractivity contribution in [3.8, 4) is 0 Å². The molecule has 4 fully saturated rings. The van der Waals surface area contributed by atoms with Gasteiger partial charge in [0, 0.05) is 19.1 Å². The van der Waals surface area contributed by atoms with E-state index in [4.69, 9.17) is 18.9 Å². The maximum atomic E-state index is 11.4. The summed E-state index contributed by atoms with van der Waals surface area (Å²) in [6, 6.07) is 0. The first-order chi connectivity index (χ1) is 15.8. The van der Waals surface area contributed by atoms with Crippen molar-refractivity contribution in [2.45, 2.75) is 102 Å². The minimum Gasteiger partial charge on any atom is -0.353 e. The third kappa shape index (κ3) is 5.38. The Morgan fingerprint density at radius 2 is 1.66 bits per heavy atom. The second kappa shape index (κ2) is 10.9. The SMILES string of the molecule is O=CC1=C[C@H]2C[C@@H](OC3CCCCO3)[C@@H](/C=C\[C@@H](OC3CCCCO3)C3CCCC3)[C@H]2C1. The fourth-order valence-corrected chi connectivity index (χ4v) is 6.60. The lowest BCUT2D eigenvalue weighted by Gasteiger charge is -2.31. The van der Waals surface area contributed by atoms with E-state index in [1.54, 1.807) is 0 Å². The number of hydrogen-bond acceptors (Lipinski definition) is 5. The predicted molar refractivity (Wildman–Crippen MR) is 122 cm³/mol. The smallest absolute Gasteiger partial charge is 0.158 e. The summed E-state index contributed by atoms with van der Waals surface area (Å²) in [5, 5.41) is 0. The second-order valence-corrected chi connectivity index (χ2v) is 10.5. The number of carbonyl (C=O) groups excluding carboxylic acids is 1. The van der Waals surface area contributed by atoms with Gasteiger partial charge in [0.05, 0.1) is 12.2 Å². The monoisotopic (exact) mass is 444 g/mol. The van der Waals surface area contributed by atoms with Crippen LogP contribution in [0, 0.1) is 23.7 Å². The van der Waals surface area contributed by atoms with Gasteiger partial charge in [-0.15, -0.1) is 0 Å². The topological polar surface area (TPSA) is 54.0 Å². The molecule has 0 bridgehead atoms. The Bertz CT molecular complexity index is 670. The number of carbonyl (C=O) groups is 1. The summed E-state index contributed by atoms with van der Waals surface area (Å²) in [5.74, 6) is 1.78. The van der Waals surface area contributed by atoms with Crippen LogP contribution in [-0.2, 0) is 23.7 Å². The molecule has 3 aliphatic carbocycles. The first-order valence-corrected chi connectivity index (χ1v) is 13.2. The molecule has 2 saturated heterocycles. The molecular weight excluding hydrogens is 404 g/mol. The van der Waals surface area contributed by atoms with E-state index < -0.39 is 0 Å². The highest BCUT2D eigenvalue weighted by Crippen LogP contribution is 2.49. The standard InChI is InChI=1S/C27H40O5/c28-18-19-15-21-17-25(32-27-10-4-6-14-30-27)22(23(21)16-19)11-12-24(20-7-1-2-8-20)31-26-9-3-5-13-29-26/h11-12,15,18,20-27H,1-10,13-14,16-17H2/b12-11-/t21-,22-,23-,24+,25+,26?,27?/m0/s1. The second-order valence-electron chi connectivity index (χ2n) is 10.5. The van der Waals surface area contributed by atoms with Gasteiger partial charge in [-0.05, 0) is 87.5 Å². The van der Waals surface area contributed by atoms with Gasteiger partial charge in [-0.2, -0.15) is 0 Å². The van der Waals surface area contributed by atoms with E-state index in [0.29, 0.717) is 23.7 Å². The Hall–Kier alpha value is -1.01. The normalized spacial score (nSPS) is 39.3. The Labute approximate surface area is 192 Å². The summed E-state index contributed by atoms with van der Waals surface area (Å²) < 4.78 is 24.9. The zero-order valence-corrected chi connectivity index (χ0v) is 19.4. The largest absolute Gasteiger partial charge is 0.353 e. The molecule has 2 unspecified atom stereocenters. The van der Waals surface area contributed by atoms with Gasteiger partial charge in [0.2, 0.25) is 0 Å². The molecule has 0 aromatic heterocycles. The summed E-state index contributed by atoms with van der Waals surface area (Å²) in [5.41, 5.74) is 0.963. The molecule has 0 aromatic rings. The van der Waals surface area contributed by atoms with Gasteiger partial charge in [0.25, 0.3) is 0 Å². The van der Waals surface area contributed by atoms with Crippen LogP contribution in [0.4, 0.5) is 0 Å². The van der Waals surface area contributed by atoms with Crippen LogP contribution >= 0.6 is 0 Å². The highest BCUT2D eigenvalue weighted by atomic mass is 16.7. The van der Waals surface area contributed by atoms with Crippen LogP contribution in [-0.4, -0.2) is 44.3 Å². The molecule has 32 heavy (non-hydrogen) atoms. The van der Waals surface area contributed by atoms with Crippen molar-refractivity contribution in [1.82, 2.24) is 0 Å². The van der Waals surface area contributed by atoms with Crippen LogP contribution in [0.5, 0.6) is 0 Å². The van der Waals surface area contributed by atoms with E-state index in [0.717, 1.165) is 63.6 Å². The zero-order chi connectivity index (χ0) is 21.8. The van der Waals surface area contributed by atoms with Crippen molar-refractivity contribution in [3.05, 3.63) is 23.8 Å². The van der Waals surface area contributed by atoms with Gasteiger partial charge in [-0.25, -0.2) is 0 Å². The van der Waals surface area contributed by atoms with E-state index in [1.807, 2.05) is 0 Å². The highest BCUT2D eigenvalue weighted by Gasteiger charge is 2.46. The number of hydrogen-bond donors (Lipinski definition) is 0. The molecule has 0 spiro atoms. The lowest BCUT2D eigenvalue weighted by atomic mass is 9.88. The quantitative estimate of drug-likeness (QED) is 0.374. The summed E-state index contributed by atoms with van der Waals surface area (Å²) >= 11 is 0. The Balaban J connectivity index is 1.30. The van der Waals surface area contributed by atoms with E-state index in [2.05, 4.69) is 18.2 Å². The molecule has 2 saturated carbocycles. The molecule has 0 N–H and O–H groups in total. The van der Waals surface area contributed by atoms with E-state index in [-0.39, 0.29) is 24.8 Å². The highest BCUT2D eigenvalue weighted by molar-refractivity contribution is 5.74. The fourth-order valence-electron chi connectivity index (χ4n) is 6.60. The van der Waals surface area contributed by atoms with Crippen molar-refractivity contribution < 1.29 is 23.7 Å². The molecule has 0 amide bonds. The molecule has 5 aliphatic rings. The van der Waals surface area contributed by atoms with Crippen LogP contribution in [0.25, 0.3) is 0 Å². The zero-order valence-electron chi connectivity index (χ0n) is 19.4. The average molecular weight is 445 g/mol. The molecule has 5 rings (SSSR count). The van der Waals surface area contributed by atoms with Crippen LogP contribution in [0.3, 0.4) is 0 Å². The van der Waals surface area contributed by atoms with Crippen LogP contribution in [0.15, 0.2) is 23.8 Å². The van der Waals surface area contributed by atoms with Gasteiger partial charge in [0.1, 0.15) is 6.29 Å². The lowest BCUT2D eigenvalue weighted by Crippen LogP contribution is -2.32. The number of ether oxygens (including phenoxy) is 4. The predicted octanol–water partition coefficient (Wildman–Crippen LogP) is 5.34. The van der Waals surface area contributed by atoms with Crippen molar-refractivity contribution >= 4 is 6.29 Å². The summed E-state index contributed by atoms with van der Waals surface area (Å²) in [7, 11) is 0. The van der Waals surface area contributed by atoms with E-state index in [1.165, 1.54) is 38.5 Å². The third-order valence-corrected chi connectivity index (χ3v) is 8.33. The summed E-state index contributed by atoms with van der Waals surface area (Å²) in [6.07, 6.45) is 21.7. The first-order valence-electron chi connectivity index (χ1n) is 13.2. The summed E-state index contributed by atoms with van der Waals surface area (Å²) in [4.78, 5) is 11.4. The number of aldehydes is 1. The van der Waals surface area contributed by atoms with Gasteiger partial charge in [0.15, 0.2) is 12.6 Å². The van der Waals surface area contributed by atoms with Crippen molar-refractivity contribution in [2.24, 2.45) is 23.7 Å². The number of fused-ring (bicyclic) bond motifs is 1. The third-order valence-electron chi connectivity index (χ3n) is 8.33. The lowest BCUT2D eigenvalue weighted by molar-refractivity contribution is -0.193. The number of allylic oxidation sites excluding steroid dienone is 2. The maximum absolute atomic E-state index is 11.4.